The van der Waals surface area contributed by atoms with E-state index in [1.807, 2.05) is 24.3 Å². The Kier molecular flexibility index (Phi) is 7.14. The van der Waals surface area contributed by atoms with E-state index in [4.69, 9.17) is 9.47 Å². The molecule has 2 aliphatic heterocycles. The highest BCUT2D eigenvalue weighted by atomic mass is 79.9. The molecule has 1 saturated heterocycles. The minimum absolute atomic E-state index is 0. The molecular weight excluding hydrogens is 452 g/mol. The number of amidine groups is 1. The normalized spacial score (nSPS) is 23.1. The fourth-order valence-electron chi connectivity index (χ4n) is 3.99. The lowest BCUT2D eigenvalue weighted by atomic mass is 9.92. The van der Waals surface area contributed by atoms with Crippen molar-refractivity contribution in [2.45, 2.75) is 30.2 Å². The summed E-state index contributed by atoms with van der Waals surface area (Å²) in [6.07, 6.45) is 2.72. The van der Waals surface area contributed by atoms with Crippen LogP contribution in [0, 0.1) is 0 Å². The van der Waals surface area contributed by atoms with Crippen LogP contribution >= 0.6 is 28.7 Å². The van der Waals surface area contributed by atoms with E-state index in [9.17, 15) is 5.11 Å². The predicted octanol–water partition coefficient (Wildman–Crippen LogP) is 4.24. The van der Waals surface area contributed by atoms with Crippen molar-refractivity contribution in [2.24, 2.45) is 4.99 Å². The number of halogens is 1. The number of benzene rings is 2. The maximum Gasteiger partial charge on any atom is 0.178 e. The first-order valence-corrected chi connectivity index (χ1v) is 10.5. The third-order valence-corrected chi connectivity index (χ3v) is 6.88. The molecule has 2 heterocycles. The van der Waals surface area contributed by atoms with E-state index in [1.54, 1.807) is 26.0 Å². The molecule has 1 N–H and O–H groups in total. The molecule has 4 rings (SSSR count). The van der Waals surface area contributed by atoms with Gasteiger partial charge in [0.05, 0.1) is 19.5 Å². The first-order valence-electron chi connectivity index (χ1n) is 9.64. The SMILES string of the molecule is Br.COc1ccc(C2(O)C(CCc3ccccc3)SC3=NCCCN32)cc1OC. The number of fused-ring (bicyclic) bond motifs is 1. The van der Waals surface area contributed by atoms with Gasteiger partial charge in [-0.3, -0.25) is 4.99 Å². The average molecular weight is 479 g/mol. The Morgan fingerprint density at radius 1 is 1.14 bits per heavy atom. The summed E-state index contributed by atoms with van der Waals surface area (Å²) in [6, 6.07) is 16.1. The number of ether oxygens (including phenoxy) is 2. The van der Waals surface area contributed by atoms with Crippen LogP contribution in [0.3, 0.4) is 0 Å². The van der Waals surface area contributed by atoms with Crippen molar-refractivity contribution in [3.63, 3.8) is 0 Å². The number of methoxy groups -OCH3 is 2. The molecule has 0 spiro atoms. The molecule has 5 nitrogen and oxygen atoms in total. The van der Waals surface area contributed by atoms with Crippen LogP contribution in [-0.2, 0) is 12.1 Å². The molecule has 0 amide bonds. The zero-order valence-corrected chi connectivity index (χ0v) is 19.2. The van der Waals surface area contributed by atoms with Crippen molar-refractivity contribution >= 4 is 33.9 Å². The van der Waals surface area contributed by atoms with Gasteiger partial charge < -0.3 is 19.5 Å². The second-order valence-electron chi connectivity index (χ2n) is 7.10. The van der Waals surface area contributed by atoms with E-state index in [2.05, 4.69) is 34.2 Å². The standard InChI is InChI=1S/C22H26N2O3S.BrH/c1-26-18-11-10-17(15-19(18)27-2)22(25)20(12-9-16-7-4-3-5-8-16)28-21-23-13-6-14-24(21)22;/h3-5,7-8,10-11,15,20,25H,6,9,12-14H2,1-2H3;1H. The van der Waals surface area contributed by atoms with Crippen LogP contribution in [0.1, 0.15) is 24.0 Å². The summed E-state index contributed by atoms with van der Waals surface area (Å²) in [6.45, 7) is 1.63. The van der Waals surface area contributed by atoms with E-state index in [-0.39, 0.29) is 22.2 Å². The van der Waals surface area contributed by atoms with Gasteiger partial charge in [0, 0.05) is 18.7 Å². The van der Waals surface area contributed by atoms with Gasteiger partial charge in [0.15, 0.2) is 22.4 Å². The molecule has 0 saturated carbocycles. The van der Waals surface area contributed by atoms with Crippen molar-refractivity contribution in [3.8, 4) is 11.5 Å². The number of aliphatic imine (C=N–C) groups is 1. The number of hydrogen-bond acceptors (Lipinski definition) is 6. The van der Waals surface area contributed by atoms with Crippen molar-refractivity contribution in [1.29, 1.82) is 0 Å². The van der Waals surface area contributed by atoms with Crippen LogP contribution in [0.4, 0.5) is 0 Å². The predicted molar refractivity (Wildman–Crippen MR) is 124 cm³/mol. The van der Waals surface area contributed by atoms with Crippen LogP contribution < -0.4 is 9.47 Å². The van der Waals surface area contributed by atoms with Gasteiger partial charge in [-0.25, -0.2) is 0 Å². The number of aryl methyl sites for hydroxylation is 1. The summed E-state index contributed by atoms with van der Waals surface area (Å²) in [5, 5.41) is 12.9. The van der Waals surface area contributed by atoms with Crippen molar-refractivity contribution in [3.05, 3.63) is 59.7 Å². The zero-order valence-electron chi connectivity index (χ0n) is 16.7. The molecule has 156 valence electrons. The molecule has 2 aliphatic rings. The molecule has 29 heavy (non-hydrogen) atoms. The van der Waals surface area contributed by atoms with Crippen LogP contribution in [0.5, 0.6) is 11.5 Å². The van der Waals surface area contributed by atoms with Gasteiger partial charge in [0.1, 0.15) is 0 Å². The summed E-state index contributed by atoms with van der Waals surface area (Å²) < 4.78 is 10.9. The van der Waals surface area contributed by atoms with Gasteiger partial charge in [-0.05, 0) is 37.0 Å². The van der Waals surface area contributed by atoms with Crippen molar-refractivity contribution < 1.29 is 14.6 Å². The van der Waals surface area contributed by atoms with Gasteiger partial charge in [0.25, 0.3) is 0 Å². The summed E-state index contributed by atoms with van der Waals surface area (Å²) >= 11 is 1.69. The molecule has 2 aromatic rings. The minimum atomic E-state index is -1.11. The first kappa shape index (κ1) is 22.0. The fourth-order valence-corrected chi connectivity index (χ4v) is 5.44. The Labute approximate surface area is 186 Å². The Hall–Kier alpha value is -1.70. The Bertz CT molecular complexity index is 864. The summed E-state index contributed by atoms with van der Waals surface area (Å²) in [5.41, 5.74) is 0.991. The maximum atomic E-state index is 12.0. The molecule has 0 radical (unpaired) electrons. The molecule has 2 atom stereocenters. The molecule has 0 aromatic heterocycles. The van der Waals surface area contributed by atoms with Crippen LogP contribution in [0.15, 0.2) is 53.5 Å². The number of hydrogen-bond donors (Lipinski definition) is 1. The van der Waals surface area contributed by atoms with E-state index in [0.717, 1.165) is 43.1 Å². The summed E-state index contributed by atoms with van der Waals surface area (Å²) in [5.74, 6) is 1.29. The lowest BCUT2D eigenvalue weighted by molar-refractivity contribution is -0.0736. The molecular formula is C22H27BrN2O3S. The topological polar surface area (TPSA) is 54.3 Å². The minimum Gasteiger partial charge on any atom is -0.493 e. The number of thioether (sulfide) groups is 1. The number of aliphatic hydroxyl groups is 1. The van der Waals surface area contributed by atoms with E-state index in [0.29, 0.717) is 11.5 Å². The lowest BCUT2D eigenvalue weighted by Gasteiger charge is -2.39. The highest BCUT2D eigenvalue weighted by molar-refractivity contribution is 8.93. The van der Waals surface area contributed by atoms with Gasteiger partial charge >= 0.3 is 0 Å². The third-order valence-electron chi connectivity index (χ3n) is 5.47. The van der Waals surface area contributed by atoms with Gasteiger partial charge in [-0.15, -0.1) is 17.0 Å². The second-order valence-corrected chi connectivity index (χ2v) is 8.27. The highest BCUT2D eigenvalue weighted by Gasteiger charge is 2.52. The van der Waals surface area contributed by atoms with Gasteiger partial charge in [-0.1, -0.05) is 48.2 Å². The molecule has 2 aromatic carbocycles. The van der Waals surface area contributed by atoms with Crippen LogP contribution in [-0.4, -0.2) is 47.7 Å². The second kappa shape index (κ2) is 9.41. The third kappa shape index (κ3) is 4.13. The van der Waals surface area contributed by atoms with Crippen LogP contribution in [0.2, 0.25) is 0 Å². The molecule has 7 heteroatoms. The molecule has 1 fully saturated rings. The quantitative estimate of drug-likeness (QED) is 0.672. The highest BCUT2D eigenvalue weighted by Crippen LogP contribution is 2.49. The number of rotatable bonds is 6. The molecule has 0 aliphatic carbocycles. The smallest absolute Gasteiger partial charge is 0.178 e. The first-order chi connectivity index (χ1) is 13.7. The van der Waals surface area contributed by atoms with Crippen molar-refractivity contribution in [1.82, 2.24) is 4.90 Å². The van der Waals surface area contributed by atoms with E-state index in [1.165, 1.54) is 5.56 Å². The van der Waals surface area contributed by atoms with E-state index < -0.39 is 5.72 Å². The molecule has 2 unspecified atom stereocenters. The van der Waals surface area contributed by atoms with Gasteiger partial charge in [0.2, 0.25) is 0 Å². The largest absolute Gasteiger partial charge is 0.493 e. The lowest BCUT2D eigenvalue weighted by Crippen LogP contribution is -2.50. The Balaban J connectivity index is 0.00000240. The monoisotopic (exact) mass is 478 g/mol. The number of nitrogens with zero attached hydrogens (tertiary/aromatic N) is 2. The Morgan fingerprint density at radius 2 is 1.90 bits per heavy atom. The summed E-state index contributed by atoms with van der Waals surface area (Å²) in [4.78, 5) is 6.75. The van der Waals surface area contributed by atoms with E-state index >= 15 is 0 Å². The van der Waals surface area contributed by atoms with Crippen LogP contribution in [0.25, 0.3) is 0 Å². The Morgan fingerprint density at radius 3 is 2.62 bits per heavy atom. The summed E-state index contributed by atoms with van der Waals surface area (Å²) in [7, 11) is 3.24. The average Bonchev–Trinajstić information content (AvgIpc) is 3.05. The zero-order chi connectivity index (χ0) is 19.6. The fraction of sp³-hybridized carbons (Fsp3) is 0.409. The maximum absolute atomic E-state index is 12.0. The molecule has 0 bridgehead atoms. The van der Waals surface area contributed by atoms with Crippen molar-refractivity contribution in [2.75, 3.05) is 27.3 Å². The van der Waals surface area contributed by atoms with Gasteiger partial charge in [-0.2, -0.15) is 0 Å².